The zero-order valence-corrected chi connectivity index (χ0v) is 18.7. The van der Waals surface area contributed by atoms with Crippen molar-refractivity contribution in [1.82, 2.24) is 9.88 Å². The molecular weight excluding hydrogens is 424 g/mol. The molecule has 7 nitrogen and oxygen atoms in total. The van der Waals surface area contributed by atoms with Crippen LogP contribution in [0.15, 0.2) is 18.2 Å². The van der Waals surface area contributed by atoms with Crippen LogP contribution in [0.1, 0.15) is 23.9 Å². The van der Waals surface area contributed by atoms with Crippen LogP contribution in [0, 0.1) is 5.92 Å². The molecule has 2 aromatic rings. The molecule has 30 heavy (non-hydrogen) atoms. The van der Waals surface area contributed by atoms with E-state index in [0.29, 0.717) is 22.9 Å². The molecule has 1 unspecified atom stereocenters. The summed E-state index contributed by atoms with van der Waals surface area (Å²) in [4.78, 5) is 34.6. The molecule has 1 fully saturated rings. The second kappa shape index (κ2) is 8.81. The van der Waals surface area contributed by atoms with Gasteiger partial charge in [0.2, 0.25) is 11.8 Å². The number of amides is 2. The molecule has 9 heteroatoms. The summed E-state index contributed by atoms with van der Waals surface area (Å²) in [6, 6.07) is 5.19. The number of aromatic nitrogens is 1. The van der Waals surface area contributed by atoms with Crippen LogP contribution < -0.4 is 15.0 Å². The lowest BCUT2D eigenvalue weighted by molar-refractivity contribution is -0.129. The first-order valence-electron chi connectivity index (χ1n) is 10.1. The molecule has 2 aliphatic rings. The van der Waals surface area contributed by atoms with Gasteiger partial charge in [-0.3, -0.25) is 9.59 Å². The van der Waals surface area contributed by atoms with Gasteiger partial charge >= 0.3 is 0 Å². The minimum Gasteiger partial charge on any atom is -0.495 e. The number of benzene rings is 1. The Hall–Kier alpha value is -2.32. The number of hydrogen-bond donors (Lipinski definition) is 1. The summed E-state index contributed by atoms with van der Waals surface area (Å²) in [5.41, 5.74) is 1.70. The lowest BCUT2D eigenvalue weighted by atomic mass is 9.90. The van der Waals surface area contributed by atoms with Crippen molar-refractivity contribution in [3.05, 3.63) is 33.8 Å². The second-order valence-corrected chi connectivity index (χ2v) is 9.13. The van der Waals surface area contributed by atoms with Crippen LogP contribution in [-0.2, 0) is 22.4 Å². The Kier molecular flexibility index (Phi) is 6.15. The largest absolute Gasteiger partial charge is 0.495 e. The lowest BCUT2D eigenvalue weighted by Gasteiger charge is -2.33. The quantitative estimate of drug-likeness (QED) is 0.777. The number of methoxy groups -OCH3 is 1. The first-order valence-corrected chi connectivity index (χ1v) is 11.3. The average Bonchev–Trinajstić information content (AvgIpc) is 3.17. The first kappa shape index (κ1) is 20.9. The third-order valence-corrected chi connectivity index (χ3v) is 7.13. The molecule has 2 amide bonds. The van der Waals surface area contributed by atoms with Gasteiger partial charge in [-0.2, -0.15) is 0 Å². The Bertz CT molecular complexity index is 956. The van der Waals surface area contributed by atoms with E-state index in [1.165, 1.54) is 4.88 Å². The number of rotatable bonds is 4. The van der Waals surface area contributed by atoms with E-state index in [4.69, 9.17) is 21.3 Å². The maximum Gasteiger partial charge on any atom is 0.227 e. The number of ether oxygens (including phenoxy) is 1. The maximum absolute atomic E-state index is 12.9. The highest BCUT2D eigenvalue weighted by molar-refractivity contribution is 7.15. The van der Waals surface area contributed by atoms with Gasteiger partial charge in [0.25, 0.3) is 0 Å². The van der Waals surface area contributed by atoms with Gasteiger partial charge in [-0.25, -0.2) is 4.98 Å². The summed E-state index contributed by atoms with van der Waals surface area (Å²) >= 11 is 7.75. The Labute approximate surface area is 185 Å². The van der Waals surface area contributed by atoms with Gasteiger partial charge < -0.3 is 19.9 Å². The van der Waals surface area contributed by atoms with Crippen LogP contribution in [0.25, 0.3) is 0 Å². The van der Waals surface area contributed by atoms with Gasteiger partial charge in [-0.1, -0.05) is 11.6 Å². The topological polar surface area (TPSA) is 74.8 Å². The van der Waals surface area contributed by atoms with Crippen LogP contribution in [-0.4, -0.2) is 55.0 Å². The number of nitrogens with zero attached hydrogens (tertiary/aromatic N) is 3. The normalized spacial score (nSPS) is 18.7. The van der Waals surface area contributed by atoms with E-state index < -0.39 is 0 Å². The standard InChI is InChI=1S/C21H25ClN4O3S/c1-13(27)25-7-9-26(10-8-25)21-24-16-5-3-14(11-19(16)30-21)20(28)23-17-12-15(22)4-6-18(17)29-2/h4,6,12,14H,3,5,7-11H2,1-2H3,(H,23,28). The predicted octanol–water partition coefficient (Wildman–Crippen LogP) is 3.22. The van der Waals surface area contributed by atoms with Gasteiger partial charge in [0.1, 0.15) is 5.75 Å². The lowest BCUT2D eigenvalue weighted by Crippen LogP contribution is -2.48. The van der Waals surface area contributed by atoms with E-state index in [1.807, 2.05) is 4.90 Å². The molecule has 1 aromatic carbocycles. The molecule has 0 saturated carbocycles. The molecule has 1 aromatic heterocycles. The SMILES string of the molecule is COc1ccc(Cl)cc1NC(=O)C1CCc2nc(N3CCN(C(C)=O)CC3)sc2C1. The first-order chi connectivity index (χ1) is 14.4. The number of fused-ring (bicyclic) bond motifs is 1. The number of piperazine rings is 1. The minimum absolute atomic E-state index is 0.0220. The molecular formula is C21H25ClN4O3S. The smallest absolute Gasteiger partial charge is 0.227 e. The fraction of sp³-hybridized carbons (Fsp3) is 0.476. The Balaban J connectivity index is 1.41. The zero-order valence-electron chi connectivity index (χ0n) is 17.1. The number of aryl methyl sites for hydroxylation is 1. The number of halogens is 1. The van der Waals surface area contributed by atoms with E-state index in [9.17, 15) is 9.59 Å². The number of thiazole rings is 1. The van der Waals surface area contributed by atoms with Crippen LogP contribution in [0.4, 0.5) is 10.8 Å². The highest BCUT2D eigenvalue weighted by Crippen LogP contribution is 2.35. The van der Waals surface area contributed by atoms with Crippen LogP contribution >= 0.6 is 22.9 Å². The van der Waals surface area contributed by atoms with Crippen molar-refractivity contribution in [1.29, 1.82) is 0 Å². The van der Waals surface area contributed by atoms with E-state index in [2.05, 4.69) is 10.2 Å². The second-order valence-electron chi connectivity index (χ2n) is 7.63. The fourth-order valence-electron chi connectivity index (χ4n) is 3.95. The molecule has 0 spiro atoms. The number of nitrogens with one attached hydrogen (secondary N) is 1. The molecule has 1 aliphatic heterocycles. The zero-order chi connectivity index (χ0) is 21.3. The summed E-state index contributed by atoms with van der Waals surface area (Å²) < 4.78 is 5.33. The van der Waals surface area contributed by atoms with E-state index in [-0.39, 0.29) is 17.7 Å². The minimum atomic E-state index is -0.107. The molecule has 160 valence electrons. The molecule has 4 rings (SSSR count). The molecule has 1 saturated heterocycles. The third kappa shape index (κ3) is 4.39. The van der Waals surface area contributed by atoms with Gasteiger partial charge in [-0.15, -0.1) is 11.3 Å². The van der Waals surface area contributed by atoms with Crippen molar-refractivity contribution < 1.29 is 14.3 Å². The van der Waals surface area contributed by atoms with Crippen molar-refractivity contribution in [3.8, 4) is 5.75 Å². The summed E-state index contributed by atoms with van der Waals surface area (Å²) in [5.74, 6) is 0.586. The monoisotopic (exact) mass is 448 g/mol. The molecule has 1 aliphatic carbocycles. The van der Waals surface area contributed by atoms with Crippen LogP contribution in [0.3, 0.4) is 0 Å². The summed E-state index contributed by atoms with van der Waals surface area (Å²) in [7, 11) is 1.57. The number of carbonyl (C=O) groups is 2. The molecule has 2 heterocycles. The van der Waals surface area contributed by atoms with Crippen molar-refractivity contribution in [2.24, 2.45) is 5.92 Å². The van der Waals surface area contributed by atoms with Crippen molar-refractivity contribution in [2.45, 2.75) is 26.2 Å². The Morgan fingerprint density at radius 3 is 2.73 bits per heavy atom. The number of hydrogen-bond acceptors (Lipinski definition) is 6. The van der Waals surface area contributed by atoms with E-state index >= 15 is 0 Å². The van der Waals surface area contributed by atoms with Crippen LogP contribution in [0.5, 0.6) is 5.75 Å². The number of anilines is 2. The van der Waals surface area contributed by atoms with Crippen LogP contribution in [0.2, 0.25) is 5.02 Å². The molecule has 0 bridgehead atoms. The van der Waals surface area contributed by atoms with Gasteiger partial charge in [0.05, 0.1) is 18.5 Å². The molecule has 0 radical (unpaired) electrons. The van der Waals surface area contributed by atoms with Crippen molar-refractivity contribution in [2.75, 3.05) is 43.5 Å². The van der Waals surface area contributed by atoms with Crippen molar-refractivity contribution >= 4 is 45.6 Å². The van der Waals surface area contributed by atoms with Gasteiger partial charge in [0.15, 0.2) is 5.13 Å². The van der Waals surface area contributed by atoms with E-state index in [1.54, 1.807) is 43.6 Å². The highest BCUT2D eigenvalue weighted by Gasteiger charge is 2.30. The third-order valence-electron chi connectivity index (χ3n) is 5.71. The number of carbonyl (C=O) groups excluding carboxylic acids is 2. The highest BCUT2D eigenvalue weighted by atomic mass is 35.5. The molecule has 1 atom stereocenters. The molecule has 1 N–H and O–H groups in total. The summed E-state index contributed by atoms with van der Waals surface area (Å²) in [5, 5.41) is 4.53. The van der Waals surface area contributed by atoms with E-state index in [0.717, 1.165) is 49.8 Å². The van der Waals surface area contributed by atoms with Gasteiger partial charge in [0, 0.05) is 48.9 Å². The maximum atomic E-state index is 12.9. The Morgan fingerprint density at radius 2 is 2.03 bits per heavy atom. The summed E-state index contributed by atoms with van der Waals surface area (Å²) in [6.07, 6.45) is 2.25. The Morgan fingerprint density at radius 1 is 1.27 bits per heavy atom. The predicted molar refractivity (Wildman–Crippen MR) is 119 cm³/mol. The average molecular weight is 449 g/mol. The van der Waals surface area contributed by atoms with Gasteiger partial charge in [-0.05, 0) is 37.5 Å². The summed E-state index contributed by atoms with van der Waals surface area (Å²) in [6.45, 7) is 4.66. The fourth-order valence-corrected chi connectivity index (χ4v) is 5.36. The van der Waals surface area contributed by atoms with Crippen molar-refractivity contribution in [3.63, 3.8) is 0 Å².